The highest BCUT2D eigenvalue weighted by atomic mass is 19.1. The van der Waals surface area contributed by atoms with Crippen LogP contribution in [0, 0.1) is 11.2 Å². The van der Waals surface area contributed by atoms with Crippen molar-refractivity contribution in [3.63, 3.8) is 0 Å². The van der Waals surface area contributed by atoms with E-state index in [9.17, 15) is 9.18 Å². The highest BCUT2D eigenvalue weighted by Crippen LogP contribution is 2.52. The van der Waals surface area contributed by atoms with E-state index in [-0.39, 0.29) is 35.0 Å². The van der Waals surface area contributed by atoms with E-state index in [1.165, 1.54) is 12.1 Å². The summed E-state index contributed by atoms with van der Waals surface area (Å²) in [7, 11) is 1.56. The number of hydrogen-bond donors (Lipinski definition) is 2. The molecule has 1 amide bonds. The number of benzene rings is 1. The van der Waals surface area contributed by atoms with Crippen molar-refractivity contribution in [2.45, 2.75) is 38.3 Å². The summed E-state index contributed by atoms with van der Waals surface area (Å²) in [6.45, 7) is 5.70. The van der Waals surface area contributed by atoms with Crippen molar-refractivity contribution in [1.29, 1.82) is 0 Å². The minimum absolute atomic E-state index is 0.0120. The second kappa shape index (κ2) is 10.9. The van der Waals surface area contributed by atoms with E-state index in [1.807, 2.05) is 31.2 Å². The van der Waals surface area contributed by atoms with Crippen LogP contribution in [-0.2, 0) is 0 Å². The Bertz CT molecular complexity index is 1380. The Kier molecular flexibility index (Phi) is 7.18. The maximum atomic E-state index is 13.6. The number of ether oxygens (including phenoxy) is 3. The second-order valence-corrected chi connectivity index (χ2v) is 10.8. The first-order valence-corrected chi connectivity index (χ1v) is 13.8. The highest BCUT2D eigenvalue weighted by Gasteiger charge is 2.54. The Morgan fingerprint density at radius 1 is 1.20 bits per heavy atom. The van der Waals surface area contributed by atoms with Gasteiger partial charge in [-0.05, 0) is 69.1 Å². The molecule has 1 spiro atoms. The maximum Gasteiger partial charge on any atom is 0.274 e. The summed E-state index contributed by atoms with van der Waals surface area (Å²) in [4.78, 5) is 24.7. The third-order valence-corrected chi connectivity index (χ3v) is 7.95. The zero-order valence-electron chi connectivity index (χ0n) is 22.8. The number of carbonyl (C=O) groups excluding carboxylic acids is 1. The van der Waals surface area contributed by atoms with Crippen molar-refractivity contribution in [3.8, 4) is 28.6 Å². The number of nitrogens with zero attached hydrogens (tertiary/aromatic N) is 3. The van der Waals surface area contributed by atoms with Gasteiger partial charge >= 0.3 is 0 Å². The topological polar surface area (TPSA) is 97.8 Å². The van der Waals surface area contributed by atoms with Crippen LogP contribution in [0.15, 0.2) is 48.7 Å². The van der Waals surface area contributed by atoms with Crippen molar-refractivity contribution in [1.82, 2.24) is 20.6 Å². The molecule has 1 atom stereocenters. The standard InChI is InChI=1S/C30H34FN5O4/c1-3-39-29-22(5-4-11-33-29)23-7-9-25(27(35-23)28(37)34-20-10-12-32-16-20)40-21-14-30(15-21)17-36(18-30)24-8-6-19(31)13-26(24)38-2/h4-9,11,13,20-21,32H,3,10,12,14-18H2,1-2H3,(H,34,37). The Hall–Kier alpha value is -3.92. The molecule has 9 nitrogen and oxygen atoms in total. The van der Waals surface area contributed by atoms with Crippen LogP contribution in [0.3, 0.4) is 0 Å². The van der Waals surface area contributed by atoms with Crippen LogP contribution in [0.4, 0.5) is 10.1 Å². The summed E-state index contributed by atoms with van der Waals surface area (Å²) in [5.41, 5.74) is 2.65. The largest absolute Gasteiger partial charge is 0.494 e. The molecule has 1 aliphatic carbocycles. The molecule has 1 saturated carbocycles. The van der Waals surface area contributed by atoms with Crippen LogP contribution in [0.2, 0.25) is 0 Å². The van der Waals surface area contributed by atoms with Gasteiger partial charge in [0.1, 0.15) is 17.7 Å². The number of aromatic nitrogens is 2. The molecule has 1 aromatic carbocycles. The van der Waals surface area contributed by atoms with Crippen molar-refractivity contribution < 1.29 is 23.4 Å². The third kappa shape index (κ3) is 5.15. The second-order valence-electron chi connectivity index (χ2n) is 10.8. The Morgan fingerprint density at radius 2 is 2.05 bits per heavy atom. The van der Waals surface area contributed by atoms with Gasteiger partial charge in [-0.25, -0.2) is 14.4 Å². The van der Waals surface area contributed by atoms with E-state index in [2.05, 4.69) is 20.5 Å². The van der Waals surface area contributed by atoms with Gasteiger partial charge in [-0.1, -0.05) is 0 Å². The number of hydrogen-bond acceptors (Lipinski definition) is 8. The molecule has 4 heterocycles. The molecular weight excluding hydrogens is 513 g/mol. The average Bonchev–Trinajstić information content (AvgIpc) is 3.43. The molecule has 40 heavy (non-hydrogen) atoms. The van der Waals surface area contributed by atoms with Gasteiger partial charge in [0.05, 0.1) is 30.7 Å². The zero-order valence-corrected chi connectivity index (χ0v) is 22.8. The van der Waals surface area contributed by atoms with Crippen LogP contribution in [0.25, 0.3) is 11.3 Å². The van der Waals surface area contributed by atoms with Gasteiger partial charge in [0.25, 0.3) is 5.91 Å². The lowest BCUT2D eigenvalue weighted by Gasteiger charge is -2.59. The van der Waals surface area contributed by atoms with Crippen LogP contribution in [-0.4, -0.2) is 67.9 Å². The van der Waals surface area contributed by atoms with E-state index in [4.69, 9.17) is 19.2 Å². The van der Waals surface area contributed by atoms with E-state index >= 15 is 0 Å². The molecule has 3 fully saturated rings. The van der Waals surface area contributed by atoms with Crippen LogP contribution >= 0.6 is 0 Å². The maximum absolute atomic E-state index is 13.6. The lowest BCUT2D eigenvalue weighted by atomic mass is 9.61. The van der Waals surface area contributed by atoms with Gasteiger partial charge in [0.15, 0.2) is 11.4 Å². The number of amides is 1. The van der Waals surface area contributed by atoms with Crippen molar-refractivity contribution in [3.05, 3.63) is 60.2 Å². The van der Waals surface area contributed by atoms with Crippen LogP contribution in [0.1, 0.15) is 36.7 Å². The summed E-state index contributed by atoms with van der Waals surface area (Å²) in [6, 6.07) is 12.1. The van der Waals surface area contributed by atoms with Gasteiger partial charge in [-0.15, -0.1) is 0 Å². The van der Waals surface area contributed by atoms with Crippen molar-refractivity contribution in [2.75, 3.05) is 44.8 Å². The molecule has 2 aromatic heterocycles. The average molecular weight is 548 g/mol. The summed E-state index contributed by atoms with van der Waals surface area (Å²) < 4.78 is 31.1. The number of nitrogens with one attached hydrogen (secondary N) is 2. The Labute approximate surface area is 233 Å². The molecule has 210 valence electrons. The Morgan fingerprint density at radius 3 is 2.80 bits per heavy atom. The summed E-state index contributed by atoms with van der Waals surface area (Å²) in [5.74, 6) is 0.937. The zero-order chi connectivity index (χ0) is 27.7. The summed E-state index contributed by atoms with van der Waals surface area (Å²) >= 11 is 0. The fourth-order valence-electron chi connectivity index (χ4n) is 6.00. The quantitative estimate of drug-likeness (QED) is 0.417. The van der Waals surface area contributed by atoms with E-state index in [0.29, 0.717) is 29.7 Å². The molecule has 0 radical (unpaired) electrons. The van der Waals surface area contributed by atoms with Gasteiger partial charge in [-0.2, -0.15) is 0 Å². The number of pyridine rings is 2. The molecule has 2 saturated heterocycles. The summed E-state index contributed by atoms with van der Waals surface area (Å²) in [6.07, 6.45) is 4.28. The van der Waals surface area contributed by atoms with Crippen LogP contribution < -0.4 is 29.7 Å². The number of anilines is 1. The van der Waals surface area contributed by atoms with E-state index in [1.54, 1.807) is 19.4 Å². The first-order valence-electron chi connectivity index (χ1n) is 13.8. The number of methoxy groups -OCH3 is 1. The first-order chi connectivity index (χ1) is 19.5. The minimum Gasteiger partial charge on any atom is -0.494 e. The SMILES string of the molecule is CCOc1ncccc1-c1ccc(OC2CC3(C2)CN(c2ccc(F)cc2OC)C3)c(C(=O)NC2CCNC2)n1. The van der Waals surface area contributed by atoms with E-state index < -0.39 is 0 Å². The van der Waals surface area contributed by atoms with Gasteiger partial charge in [0.2, 0.25) is 5.88 Å². The van der Waals surface area contributed by atoms with Gasteiger partial charge in [-0.3, -0.25) is 4.79 Å². The fourth-order valence-corrected chi connectivity index (χ4v) is 6.00. The normalized spacial score (nSPS) is 19.6. The lowest BCUT2D eigenvalue weighted by molar-refractivity contribution is -0.0345. The minimum atomic E-state index is -0.311. The van der Waals surface area contributed by atoms with E-state index in [0.717, 1.165) is 56.7 Å². The molecule has 0 bridgehead atoms. The third-order valence-electron chi connectivity index (χ3n) is 7.95. The van der Waals surface area contributed by atoms with Crippen molar-refractivity contribution >= 4 is 11.6 Å². The molecule has 3 aliphatic rings. The smallest absolute Gasteiger partial charge is 0.274 e. The fraction of sp³-hybridized carbons (Fsp3) is 0.433. The highest BCUT2D eigenvalue weighted by molar-refractivity contribution is 5.96. The molecular formula is C30H34FN5O4. The van der Waals surface area contributed by atoms with Crippen LogP contribution in [0.5, 0.6) is 17.4 Å². The van der Waals surface area contributed by atoms with Gasteiger partial charge in [0, 0.05) is 43.4 Å². The first kappa shape index (κ1) is 26.3. The summed E-state index contributed by atoms with van der Waals surface area (Å²) in [5, 5.41) is 6.38. The molecule has 10 heteroatoms. The number of halogens is 1. The van der Waals surface area contributed by atoms with Crippen molar-refractivity contribution in [2.24, 2.45) is 5.41 Å². The van der Waals surface area contributed by atoms with Gasteiger partial charge < -0.3 is 29.7 Å². The number of carbonyl (C=O) groups is 1. The monoisotopic (exact) mass is 547 g/mol. The molecule has 1 unspecified atom stereocenters. The lowest BCUT2D eigenvalue weighted by Crippen LogP contribution is -2.65. The molecule has 2 aliphatic heterocycles. The molecule has 6 rings (SSSR count). The predicted molar refractivity (Wildman–Crippen MR) is 149 cm³/mol. The molecule has 2 N–H and O–H groups in total. The Balaban J connectivity index is 1.17. The number of rotatable bonds is 9. The predicted octanol–water partition coefficient (Wildman–Crippen LogP) is 3.83. The molecule has 3 aromatic rings.